The molecule has 11 heteroatoms. The Balaban J connectivity index is 0.00000277. The Morgan fingerprint density at radius 1 is 1.03 bits per heavy atom. The highest BCUT2D eigenvalue weighted by atomic mass is 19.1. The topological polar surface area (TPSA) is 131 Å². The Kier molecular flexibility index (Phi) is 6.02. The lowest BCUT2D eigenvalue weighted by atomic mass is 9.94. The minimum absolute atomic E-state index is 0. The molecule has 4 aliphatic rings. The first-order valence-corrected chi connectivity index (χ1v) is 13.0. The number of nitrogens with one attached hydrogen (secondary N) is 1. The molecule has 0 spiro atoms. The Hall–Kier alpha value is -4.38. The average Bonchev–Trinajstić information content (AvgIpc) is 3.55. The first-order chi connectivity index (χ1) is 18.5. The van der Waals surface area contributed by atoms with Crippen LogP contribution in [0.15, 0.2) is 53.3 Å². The van der Waals surface area contributed by atoms with Crippen LogP contribution in [0.5, 0.6) is 0 Å². The first kappa shape index (κ1) is 24.9. The van der Waals surface area contributed by atoms with Crippen LogP contribution in [0.25, 0.3) is 11.2 Å². The van der Waals surface area contributed by atoms with Gasteiger partial charge in [0.2, 0.25) is 5.91 Å². The molecular weight excluding hydrogens is 503 g/mol. The number of amides is 3. The van der Waals surface area contributed by atoms with Gasteiger partial charge >= 0.3 is 0 Å². The number of carbonyl (C=O) groups is 3. The van der Waals surface area contributed by atoms with E-state index in [0.29, 0.717) is 42.0 Å². The van der Waals surface area contributed by atoms with Gasteiger partial charge in [-0.25, -0.2) is 9.37 Å². The van der Waals surface area contributed by atoms with Gasteiger partial charge in [0, 0.05) is 37.8 Å². The van der Waals surface area contributed by atoms with Crippen LogP contribution in [0.2, 0.25) is 0 Å². The molecule has 4 aliphatic heterocycles. The molecule has 1 unspecified atom stereocenters. The summed E-state index contributed by atoms with van der Waals surface area (Å²) in [6.45, 7) is 2.22. The van der Waals surface area contributed by atoms with Gasteiger partial charge in [0.15, 0.2) is 0 Å². The van der Waals surface area contributed by atoms with E-state index in [4.69, 9.17) is 4.99 Å². The van der Waals surface area contributed by atoms with Gasteiger partial charge in [-0.2, -0.15) is 0 Å². The van der Waals surface area contributed by atoms with E-state index in [2.05, 4.69) is 10.3 Å². The number of halogens is 1. The molecular formula is C28H27FN6O4. The number of likely N-dealkylation sites (tertiary alicyclic amines) is 1. The monoisotopic (exact) mass is 530 g/mol. The van der Waals surface area contributed by atoms with Crippen LogP contribution < -0.4 is 10.2 Å². The molecule has 0 bridgehead atoms. The zero-order valence-electron chi connectivity index (χ0n) is 21.1. The number of hydrogen-bond acceptors (Lipinski definition) is 6. The van der Waals surface area contributed by atoms with Crippen molar-refractivity contribution in [3.63, 3.8) is 0 Å². The van der Waals surface area contributed by atoms with Crippen molar-refractivity contribution in [3.05, 3.63) is 70.9 Å². The summed E-state index contributed by atoms with van der Waals surface area (Å²) in [6, 6.07) is 7.84. The number of piperidine rings is 1. The Morgan fingerprint density at radius 2 is 1.82 bits per heavy atom. The quantitative estimate of drug-likeness (QED) is 0.510. The van der Waals surface area contributed by atoms with Crippen LogP contribution in [0.3, 0.4) is 0 Å². The van der Waals surface area contributed by atoms with Crippen LogP contribution in [-0.2, 0) is 20.8 Å². The smallest absolute Gasteiger partial charge is 0.261 e. The third-order valence-electron chi connectivity index (χ3n) is 7.89. The summed E-state index contributed by atoms with van der Waals surface area (Å²) in [5, 5.41) is 2.40. The number of carbonyl (C=O) groups excluding carboxylic acids is 3. The third-order valence-corrected chi connectivity index (χ3v) is 7.89. The van der Waals surface area contributed by atoms with Crippen LogP contribution in [0, 0.1) is 5.82 Å². The summed E-state index contributed by atoms with van der Waals surface area (Å²) < 4.78 is 16.8. The lowest BCUT2D eigenvalue weighted by Gasteiger charge is -2.33. The van der Waals surface area contributed by atoms with Crippen LogP contribution in [-0.4, -0.2) is 75.4 Å². The van der Waals surface area contributed by atoms with Crippen molar-refractivity contribution in [1.29, 1.82) is 0 Å². The molecule has 3 amide bonds. The predicted molar refractivity (Wildman–Crippen MR) is 142 cm³/mol. The Bertz CT molecular complexity index is 1600. The summed E-state index contributed by atoms with van der Waals surface area (Å²) >= 11 is 0. The molecule has 0 radical (unpaired) electrons. The molecule has 10 nitrogen and oxygen atoms in total. The van der Waals surface area contributed by atoms with Gasteiger partial charge < -0.3 is 15.3 Å². The second-order valence-electron chi connectivity index (χ2n) is 10.1. The maximum atomic E-state index is 15.0. The van der Waals surface area contributed by atoms with E-state index in [-0.39, 0.29) is 28.2 Å². The van der Waals surface area contributed by atoms with Crippen molar-refractivity contribution < 1.29 is 24.3 Å². The number of pyridine rings is 1. The van der Waals surface area contributed by atoms with Crippen molar-refractivity contribution in [1.82, 2.24) is 19.6 Å². The van der Waals surface area contributed by atoms with Crippen LogP contribution in [0.4, 0.5) is 10.1 Å². The number of nitrogens with zero attached hydrogens (tertiary/aromatic N) is 5. The van der Waals surface area contributed by atoms with E-state index in [1.807, 2.05) is 21.9 Å². The molecule has 6 heterocycles. The van der Waals surface area contributed by atoms with E-state index in [0.717, 1.165) is 38.0 Å². The lowest BCUT2D eigenvalue weighted by Crippen LogP contribution is -2.49. The third kappa shape index (κ3) is 3.84. The van der Waals surface area contributed by atoms with Gasteiger partial charge in [-0.15, -0.1) is 0 Å². The van der Waals surface area contributed by atoms with Crippen molar-refractivity contribution in [3.8, 4) is 0 Å². The largest absolute Gasteiger partial charge is 0.412 e. The van der Waals surface area contributed by atoms with Crippen LogP contribution in [0.1, 0.15) is 36.1 Å². The van der Waals surface area contributed by atoms with Crippen molar-refractivity contribution in [2.45, 2.75) is 31.7 Å². The minimum Gasteiger partial charge on any atom is -0.412 e. The first-order valence-electron chi connectivity index (χ1n) is 13.0. The van der Waals surface area contributed by atoms with Gasteiger partial charge in [0.1, 0.15) is 17.5 Å². The summed E-state index contributed by atoms with van der Waals surface area (Å²) in [4.78, 5) is 52.9. The van der Waals surface area contributed by atoms with Crippen molar-refractivity contribution in [2.24, 2.45) is 4.99 Å². The maximum Gasteiger partial charge on any atom is 0.261 e. The minimum atomic E-state index is -0.583. The standard InChI is InChI=1S/C28H25FN6O3.H2O/c29-17-12-16-13-19(28(38)33-8-3-1-4-9-33)35-11-7-30-24(18(14-17)25(16)35)23-22(26(36)32-27(23)37)20-15-31-21-6-2-5-10-34(20)21;/h2,5-6,10,12,14-15,19H,1,3-4,7-9,11,13H2,(H,32,36,37);1H2. The highest BCUT2D eigenvalue weighted by molar-refractivity contribution is 6.47. The number of imide groups is 1. The SMILES string of the molecule is O.O=C1NC(=O)C(c2cnc3ccccn23)=C1C1=NCCN2c3c(cc(F)cc31)CC2C(=O)N1CCCCC1. The zero-order valence-corrected chi connectivity index (χ0v) is 21.1. The van der Waals surface area contributed by atoms with E-state index in [9.17, 15) is 14.4 Å². The van der Waals surface area contributed by atoms with Crippen LogP contribution >= 0.6 is 0 Å². The van der Waals surface area contributed by atoms with Gasteiger partial charge in [-0.1, -0.05) is 6.07 Å². The number of rotatable bonds is 3. The molecule has 1 aromatic carbocycles. The number of imidazole rings is 1. The van der Waals surface area contributed by atoms with E-state index >= 15 is 4.39 Å². The molecule has 1 fully saturated rings. The number of aliphatic imine (C=N–C) groups is 1. The normalized spacial score (nSPS) is 20.5. The molecule has 3 N–H and O–H groups in total. The Labute approximate surface area is 223 Å². The lowest BCUT2D eigenvalue weighted by molar-refractivity contribution is -0.133. The highest BCUT2D eigenvalue weighted by Gasteiger charge is 2.43. The predicted octanol–water partition coefficient (Wildman–Crippen LogP) is 1.31. The fraction of sp³-hybridized carbons (Fsp3) is 0.321. The second-order valence-corrected chi connectivity index (χ2v) is 10.1. The molecule has 1 atom stereocenters. The number of anilines is 1. The molecule has 1 saturated heterocycles. The molecule has 0 aliphatic carbocycles. The fourth-order valence-electron chi connectivity index (χ4n) is 6.23. The number of aromatic nitrogens is 2. The number of benzene rings is 1. The summed E-state index contributed by atoms with van der Waals surface area (Å²) in [7, 11) is 0. The number of fused-ring (bicyclic) bond motifs is 1. The van der Waals surface area contributed by atoms with Gasteiger partial charge in [0.25, 0.3) is 11.8 Å². The molecule has 2 aromatic heterocycles. The zero-order chi connectivity index (χ0) is 26.0. The molecule has 200 valence electrons. The number of hydrogen-bond donors (Lipinski definition) is 1. The molecule has 0 saturated carbocycles. The second kappa shape index (κ2) is 9.42. The highest BCUT2D eigenvalue weighted by Crippen LogP contribution is 2.41. The van der Waals surface area contributed by atoms with Gasteiger partial charge in [0.05, 0.1) is 41.0 Å². The average molecular weight is 531 g/mol. The fourth-order valence-corrected chi connectivity index (χ4v) is 6.23. The van der Waals surface area contributed by atoms with E-state index in [1.54, 1.807) is 22.9 Å². The molecule has 39 heavy (non-hydrogen) atoms. The Morgan fingerprint density at radius 3 is 2.64 bits per heavy atom. The van der Waals surface area contributed by atoms with E-state index in [1.165, 1.54) is 12.1 Å². The van der Waals surface area contributed by atoms with Crippen molar-refractivity contribution in [2.75, 3.05) is 31.1 Å². The maximum absolute atomic E-state index is 15.0. The summed E-state index contributed by atoms with van der Waals surface area (Å²) in [5.74, 6) is -1.55. The van der Waals surface area contributed by atoms with Gasteiger partial charge in [-0.05, 0) is 49.1 Å². The summed E-state index contributed by atoms with van der Waals surface area (Å²) in [6.07, 6.45) is 6.81. The molecule has 7 rings (SSSR count). The summed E-state index contributed by atoms with van der Waals surface area (Å²) in [5.41, 5.74) is 3.45. The van der Waals surface area contributed by atoms with Gasteiger partial charge in [-0.3, -0.25) is 29.1 Å². The van der Waals surface area contributed by atoms with Crippen molar-refractivity contribution >= 4 is 40.3 Å². The van der Waals surface area contributed by atoms with E-state index < -0.39 is 23.7 Å². The molecule has 3 aromatic rings.